The van der Waals surface area contributed by atoms with E-state index in [0.717, 1.165) is 36.2 Å². The largest absolute Gasteiger partial charge is 0.387 e. The molecule has 1 unspecified atom stereocenters. The Morgan fingerprint density at radius 3 is 2.65 bits per heavy atom. The minimum Gasteiger partial charge on any atom is -0.387 e. The number of rotatable bonds is 7. The van der Waals surface area contributed by atoms with E-state index in [9.17, 15) is 0 Å². The van der Waals surface area contributed by atoms with Gasteiger partial charge in [-0.1, -0.05) is 0 Å². The summed E-state index contributed by atoms with van der Waals surface area (Å²) < 4.78 is 0. The zero-order chi connectivity index (χ0) is 14.5. The first-order valence-corrected chi connectivity index (χ1v) is 6.91. The third-order valence-corrected chi connectivity index (χ3v) is 3.47. The molecule has 1 aliphatic rings. The van der Waals surface area contributed by atoms with Gasteiger partial charge < -0.3 is 27.9 Å². The van der Waals surface area contributed by atoms with Crippen LogP contribution in [0.15, 0.2) is 16.8 Å². The van der Waals surface area contributed by atoms with Crippen LogP contribution in [0.1, 0.15) is 36.6 Å². The second kappa shape index (κ2) is 6.53. The van der Waals surface area contributed by atoms with Crippen LogP contribution in [0.4, 0.5) is 5.95 Å². The number of hydrogen-bond donors (Lipinski definition) is 5. The van der Waals surface area contributed by atoms with Gasteiger partial charge in [0.2, 0.25) is 0 Å². The zero-order valence-corrected chi connectivity index (χ0v) is 11.6. The van der Waals surface area contributed by atoms with Crippen LogP contribution in [0, 0.1) is 0 Å². The number of aromatic amines is 1. The summed E-state index contributed by atoms with van der Waals surface area (Å²) in [7, 11) is 0. The molecule has 1 aliphatic heterocycles. The third-order valence-electron chi connectivity index (χ3n) is 3.47. The maximum Gasteiger partial charge on any atom is 0.197 e. The van der Waals surface area contributed by atoms with E-state index in [1.165, 1.54) is 0 Å². The van der Waals surface area contributed by atoms with Crippen LogP contribution in [0.5, 0.6) is 0 Å². The summed E-state index contributed by atoms with van der Waals surface area (Å²) in [6.45, 7) is 1.21. The molecule has 0 saturated carbocycles. The first kappa shape index (κ1) is 14.5. The molecule has 0 saturated heterocycles. The van der Waals surface area contributed by atoms with Gasteiger partial charge in [0, 0.05) is 24.2 Å². The summed E-state index contributed by atoms with van der Waals surface area (Å²) in [5.41, 5.74) is 26.0. The number of nitrogens with zero attached hydrogens (tertiary/aromatic N) is 2. The number of amidine groups is 1. The molecule has 20 heavy (non-hydrogen) atoms. The summed E-state index contributed by atoms with van der Waals surface area (Å²) >= 11 is 0. The lowest BCUT2D eigenvalue weighted by molar-refractivity contribution is 0.675. The third kappa shape index (κ3) is 3.17. The van der Waals surface area contributed by atoms with Crippen LogP contribution in [-0.2, 0) is 6.42 Å². The van der Waals surface area contributed by atoms with E-state index in [0.29, 0.717) is 31.3 Å². The van der Waals surface area contributed by atoms with Gasteiger partial charge in [-0.2, -0.15) is 0 Å². The molecular formula is C13H23N7. The molecule has 0 spiro atoms. The van der Waals surface area contributed by atoms with Crippen LogP contribution in [0.3, 0.4) is 0 Å². The number of aromatic nitrogens is 2. The lowest BCUT2D eigenvalue weighted by Gasteiger charge is -2.17. The standard InChI is InChI=1S/C13H23N7/c14-4-1-2-10-12(20-13(17)19-10)9(3-5-15)8-6-11(16)18-7-8/h7,9H,1-6,14-15H2,(H2,16,18)(H3,17,19,20). The first-order chi connectivity index (χ1) is 9.65. The number of nitrogens with two attached hydrogens (primary N) is 4. The van der Waals surface area contributed by atoms with Crippen LogP contribution in [0.2, 0.25) is 0 Å². The van der Waals surface area contributed by atoms with Gasteiger partial charge in [0.05, 0.1) is 5.69 Å². The van der Waals surface area contributed by atoms with Crippen molar-refractivity contribution in [2.75, 3.05) is 18.8 Å². The van der Waals surface area contributed by atoms with Gasteiger partial charge in [0.15, 0.2) is 5.95 Å². The highest BCUT2D eigenvalue weighted by atomic mass is 15.0. The average Bonchev–Trinajstić information content (AvgIpc) is 3.00. The summed E-state index contributed by atoms with van der Waals surface area (Å²) in [5, 5.41) is 0. The zero-order valence-electron chi connectivity index (χ0n) is 11.6. The summed E-state index contributed by atoms with van der Waals surface area (Å²) in [4.78, 5) is 11.7. The Hall–Kier alpha value is -1.86. The molecule has 2 rings (SSSR count). The van der Waals surface area contributed by atoms with Crippen molar-refractivity contribution in [1.29, 1.82) is 0 Å². The van der Waals surface area contributed by atoms with E-state index < -0.39 is 0 Å². The average molecular weight is 277 g/mol. The van der Waals surface area contributed by atoms with E-state index >= 15 is 0 Å². The lowest BCUT2D eigenvalue weighted by Crippen LogP contribution is -2.15. The van der Waals surface area contributed by atoms with Crippen LogP contribution in [-0.4, -0.2) is 28.9 Å². The van der Waals surface area contributed by atoms with Crippen molar-refractivity contribution >= 4 is 11.8 Å². The SMILES string of the molecule is NCCCc1[nH]c(N)nc1C(CCN)C1=CN=C(N)C1. The van der Waals surface area contributed by atoms with E-state index in [1.54, 1.807) is 0 Å². The predicted octanol–water partition coefficient (Wildman–Crippen LogP) is -0.0396. The Balaban J connectivity index is 2.25. The molecule has 0 aromatic carbocycles. The number of aliphatic imine (C=N–C) groups is 1. The quantitative estimate of drug-likeness (QED) is 0.474. The Kier molecular flexibility index (Phi) is 4.75. The highest BCUT2D eigenvalue weighted by molar-refractivity contribution is 5.85. The molecule has 0 bridgehead atoms. The minimum atomic E-state index is 0.117. The highest BCUT2D eigenvalue weighted by Gasteiger charge is 2.25. The smallest absolute Gasteiger partial charge is 0.197 e. The molecule has 1 aromatic rings. The Bertz CT molecular complexity index is 515. The van der Waals surface area contributed by atoms with Crippen molar-refractivity contribution in [2.45, 2.75) is 31.6 Å². The number of anilines is 1. The molecule has 0 fully saturated rings. The van der Waals surface area contributed by atoms with Crippen molar-refractivity contribution in [3.8, 4) is 0 Å². The fourth-order valence-corrected chi connectivity index (χ4v) is 2.55. The van der Waals surface area contributed by atoms with E-state index in [1.807, 2.05) is 6.20 Å². The van der Waals surface area contributed by atoms with Gasteiger partial charge in [-0.3, -0.25) is 0 Å². The van der Waals surface area contributed by atoms with Crippen LogP contribution in [0.25, 0.3) is 0 Å². The topological polar surface area (TPSA) is 145 Å². The summed E-state index contributed by atoms with van der Waals surface area (Å²) in [6, 6.07) is 0. The highest BCUT2D eigenvalue weighted by Crippen LogP contribution is 2.33. The van der Waals surface area contributed by atoms with E-state index in [4.69, 9.17) is 22.9 Å². The molecule has 1 aromatic heterocycles. The van der Waals surface area contributed by atoms with Gasteiger partial charge >= 0.3 is 0 Å². The maximum atomic E-state index is 5.81. The molecular weight excluding hydrogens is 254 g/mol. The molecule has 9 N–H and O–H groups in total. The maximum absolute atomic E-state index is 5.81. The fourth-order valence-electron chi connectivity index (χ4n) is 2.55. The van der Waals surface area contributed by atoms with Gasteiger partial charge in [0.1, 0.15) is 5.84 Å². The van der Waals surface area contributed by atoms with Gasteiger partial charge in [-0.05, 0) is 37.9 Å². The normalized spacial score (nSPS) is 16.1. The number of aryl methyl sites for hydroxylation is 1. The molecule has 0 radical (unpaired) electrons. The fraction of sp³-hybridized carbons (Fsp3) is 0.538. The van der Waals surface area contributed by atoms with Crippen molar-refractivity contribution in [2.24, 2.45) is 22.2 Å². The molecule has 0 aliphatic carbocycles. The summed E-state index contributed by atoms with van der Waals surface area (Å²) in [6.07, 6.45) is 5.03. The lowest BCUT2D eigenvalue weighted by atomic mass is 9.89. The molecule has 110 valence electrons. The Labute approximate surface area is 118 Å². The second-order valence-electron chi connectivity index (χ2n) is 5.01. The molecule has 7 heteroatoms. The number of H-pyrrole nitrogens is 1. The number of nitrogens with one attached hydrogen (secondary N) is 1. The van der Waals surface area contributed by atoms with Crippen LogP contribution >= 0.6 is 0 Å². The first-order valence-electron chi connectivity index (χ1n) is 6.91. The molecule has 7 nitrogen and oxygen atoms in total. The second-order valence-corrected chi connectivity index (χ2v) is 5.01. The van der Waals surface area contributed by atoms with Crippen molar-refractivity contribution < 1.29 is 0 Å². The van der Waals surface area contributed by atoms with E-state index in [2.05, 4.69) is 15.0 Å². The number of hydrogen-bond acceptors (Lipinski definition) is 6. The number of imidazole rings is 1. The van der Waals surface area contributed by atoms with Gasteiger partial charge in [0.25, 0.3) is 0 Å². The predicted molar refractivity (Wildman–Crippen MR) is 81.1 cm³/mol. The van der Waals surface area contributed by atoms with E-state index in [-0.39, 0.29) is 5.92 Å². The van der Waals surface area contributed by atoms with Crippen molar-refractivity contribution in [3.63, 3.8) is 0 Å². The number of nitrogen functional groups attached to an aromatic ring is 1. The Morgan fingerprint density at radius 1 is 1.25 bits per heavy atom. The monoisotopic (exact) mass is 277 g/mol. The molecule has 1 atom stereocenters. The molecule has 2 heterocycles. The van der Waals surface area contributed by atoms with Gasteiger partial charge in [-0.15, -0.1) is 0 Å². The Morgan fingerprint density at radius 2 is 2.05 bits per heavy atom. The summed E-state index contributed by atoms with van der Waals surface area (Å²) in [5.74, 6) is 1.18. The minimum absolute atomic E-state index is 0.117. The molecule has 0 amide bonds. The van der Waals surface area contributed by atoms with Crippen LogP contribution < -0.4 is 22.9 Å². The van der Waals surface area contributed by atoms with Gasteiger partial charge in [-0.25, -0.2) is 9.98 Å². The van der Waals surface area contributed by atoms with Crippen molar-refractivity contribution in [3.05, 3.63) is 23.2 Å². The van der Waals surface area contributed by atoms with Crippen molar-refractivity contribution in [1.82, 2.24) is 9.97 Å².